The van der Waals surface area contributed by atoms with Crippen molar-refractivity contribution in [1.29, 1.82) is 0 Å². The van der Waals surface area contributed by atoms with E-state index in [1.807, 2.05) is 0 Å². The topological polar surface area (TPSA) is 100 Å². The van der Waals surface area contributed by atoms with Gasteiger partial charge in [-0.25, -0.2) is 18.7 Å². The first kappa shape index (κ1) is 22.0. The second kappa shape index (κ2) is 7.92. The number of H-pyrrole nitrogens is 1. The molecule has 4 aromatic heterocycles. The number of hydrogen-bond donors (Lipinski definition) is 3. The molecule has 0 aliphatic heterocycles. The van der Waals surface area contributed by atoms with Gasteiger partial charge in [-0.1, -0.05) is 0 Å². The molecular formula is C21H18F5N7O. The monoisotopic (exact) mass is 479 g/mol. The van der Waals surface area contributed by atoms with Gasteiger partial charge in [0.25, 0.3) is 12.3 Å². The number of amides is 1. The molecule has 1 aliphatic carbocycles. The van der Waals surface area contributed by atoms with Crippen molar-refractivity contribution in [2.24, 2.45) is 5.41 Å². The first-order chi connectivity index (χ1) is 16.2. The summed E-state index contributed by atoms with van der Waals surface area (Å²) >= 11 is 0. The highest BCUT2D eigenvalue weighted by atomic mass is 19.4. The predicted molar refractivity (Wildman–Crippen MR) is 113 cm³/mol. The second-order valence-electron chi connectivity index (χ2n) is 8.18. The first-order valence-electron chi connectivity index (χ1n) is 10.4. The van der Waals surface area contributed by atoms with Crippen LogP contribution in [0, 0.1) is 5.41 Å². The van der Waals surface area contributed by atoms with Gasteiger partial charge in [0.1, 0.15) is 17.0 Å². The molecule has 178 valence electrons. The summed E-state index contributed by atoms with van der Waals surface area (Å²) in [5.74, 6) is -0.602. The lowest BCUT2D eigenvalue weighted by molar-refractivity contribution is -0.182. The maximum absolute atomic E-state index is 13.1. The zero-order valence-electron chi connectivity index (χ0n) is 17.5. The largest absolute Gasteiger partial charge is 0.396 e. The van der Waals surface area contributed by atoms with E-state index in [4.69, 9.17) is 0 Å². The minimum atomic E-state index is -4.27. The van der Waals surface area contributed by atoms with Crippen molar-refractivity contribution in [1.82, 2.24) is 29.7 Å². The number of hydrogen-bond acceptors (Lipinski definition) is 5. The molecule has 5 rings (SSSR count). The molecule has 1 fully saturated rings. The number of fused-ring (bicyclic) bond motifs is 2. The van der Waals surface area contributed by atoms with Gasteiger partial charge in [-0.3, -0.25) is 9.20 Å². The highest BCUT2D eigenvalue weighted by Gasteiger charge is 2.62. The molecule has 34 heavy (non-hydrogen) atoms. The van der Waals surface area contributed by atoms with E-state index in [0.717, 1.165) is 0 Å². The van der Waals surface area contributed by atoms with Crippen LogP contribution in [0.15, 0.2) is 36.9 Å². The molecular weight excluding hydrogens is 461 g/mol. The first-order valence-corrected chi connectivity index (χ1v) is 10.4. The van der Waals surface area contributed by atoms with Crippen LogP contribution in [0.5, 0.6) is 0 Å². The van der Waals surface area contributed by atoms with Crippen LogP contribution >= 0.6 is 0 Å². The number of alkyl halides is 5. The molecule has 0 spiro atoms. The van der Waals surface area contributed by atoms with Gasteiger partial charge in [0.05, 0.1) is 18.2 Å². The molecule has 0 aromatic carbocycles. The van der Waals surface area contributed by atoms with Crippen LogP contribution in [-0.4, -0.2) is 55.9 Å². The van der Waals surface area contributed by atoms with E-state index in [9.17, 15) is 26.7 Å². The van der Waals surface area contributed by atoms with Gasteiger partial charge in [-0.05, 0) is 25.0 Å². The SMILES string of the molecule is O=C(NCC(F)F)c1cnc2ccc(-c3c[nH]c4nc(NCC5(C(F)(F)F)CC5)ncc34)cn12. The lowest BCUT2D eigenvalue weighted by Crippen LogP contribution is -2.31. The summed E-state index contributed by atoms with van der Waals surface area (Å²) in [5.41, 5.74) is 0.602. The van der Waals surface area contributed by atoms with Crippen LogP contribution in [-0.2, 0) is 0 Å². The van der Waals surface area contributed by atoms with Crippen molar-refractivity contribution in [2.45, 2.75) is 25.4 Å². The van der Waals surface area contributed by atoms with Crippen LogP contribution in [0.3, 0.4) is 0 Å². The quantitative estimate of drug-likeness (QED) is 0.348. The Morgan fingerprint density at radius 2 is 2.00 bits per heavy atom. The minimum Gasteiger partial charge on any atom is -0.353 e. The maximum Gasteiger partial charge on any atom is 0.396 e. The smallest absolute Gasteiger partial charge is 0.353 e. The average molecular weight is 479 g/mol. The standard InChI is InChI=1S/C21H18F5N7O/c22-15(23)8-29-18(34)14-7-27-16-2-1-11(9-33(14)16)12-5-28-17-13(12)6-30-19(32-17)31-10-20(3-4-20)21(24,25)26/h1-2,5-7,9,15H,3-4,8,10H2,(H,29,34)(H2,28,30,31,32). The number of nitrogens with one attached hydrogen (secondary N) is 3. The fraction of sp³-hybridized carbons (Fsp3) is 0.333. The fourth-order valence-corrected chi connectivity index (χ4v) is 3.76. The van der Waals surface area contributed by atoms with E-state index < -0.39 is 30.5 Å². The molecule has 1 aliphatic rings. The Balaban J connectivity index is 1.40. The van der Waals surface area contributed by atoms with Crippen LogP contribution < -0.4 is 10.6 Å². The molecule has 0 unspecified atom stereocenters. The van der Waals surface area contributed by atoms with Gasteiger partial charge in [0, 0.05) is 41.6 Å². The van der Waals surface area contributed by atoms with E-state index in [1.54, 1.807) is 24.5 Å². The van der Waals surface area contributed by atoms with Crippen molar-refractivity contribution >= 4 is 28.5 Å². The minimum absolute atomic E-state index is 0.0806. The molecule has 1 saturated carbocycles. The lowest BCUT2D eigenvalue weighted by atomic mass is 10.1. The highest BCUT2D eigenvalue weighted by Crippen LogP contribution is 2.57. The van der Waals surface area contributed by atoms with Crippen molar-refractivity contribution in [3.63, 3.8) is 0 Å². The average Bonchev–Trinajstić information content (AvgIpc) is 3.32. The molecule has 8 nitrogen and oxygen atoms in total. The summed E-state index contributed by atoms with van der Waals surface area (Å²) in [7, 11) is 0. The summed E-state index contributed by atoms with van der Waals surface area (Å²) < 4.78 is 65.8. The summed E-state index contributed by atoms with van der Waals surface area (Å²) in [6.45, 7) is -1.06. The van der Waals surface area contributed by atoms with Crippen LogP contribution in [0.4, 0.5) is 27.9 Å². The second-order valence-corrected chi connectivity index (χ2v) is 8.18. The van der Waals surface area contributed by atoms with Crippen LogP contribution in [0.1, 0.15) is 23.3 Å². The molecule has 0 radical (unpaired) electrons. The fourth-order valence-electron chi connectivity index (χ4n) is 3.76. The zero-order valence-corrected chi connectivity index (χ0v) is 17.5. The Kier molecular flexibility index (Phi) is 5.14. The van der Waals surface area contributed by atoms with E-state index in [-0.39, 0.29) is 31.0 Å². The Bertz CT molecular complexity index is 1370. The number of aromatic amines is 1. The summed E-state index contributed by atoms with van der Waals surface area (Å²) in [4.78, 5) is 27.8. The number of anilines is 1. The number of carbonyl (C=O) groups is 1. The van der Waals surface area contributed by atoms with Gasteiger partial charge in [0.2, 0.25) is 5.95 Å². The number of imidazole rings is 1. The molecule has 1 amide bonds. The third-order valence-corrected chi connectivity index (χ3v) is 5.94. The van der Waals surface area contributed by atoms with Crippen molar-refractivity contribution < 1.29 is 26.7 Å². The lowest BCUT2D eigenvalue weighted by Gasteiger charge is -2.19. The maximum atomic E-state index is 13.1. The number of nitrogens with zero attached hydrogens (tertiary/aromatic N) is 4. The molecule has 0 atom stereocenters. The van der Waals surface area contributed by atoms with Crippen molar-refractivity contribution in [3.05, 3.63) is 42.6 Å². The van der Waals surface area contributed by atoms with Gasteiger partial charge in [0.15, 0.2) is 0 Å². The number of halogens is 5. The summed E-state index contributed by atoms with van der Waals surface area (Å²) in [6, 6.07) is 3.43. The number of aromatic nitrogens is 5. The zero-order chi connectivity index (χ0) is 24.1. The van der Waals surface area contributed by atoms with Gasteiger partial charge >= 0.3 is 6.18 Å². The molecule has 0 bridgehead atoms. The number of rotatable bonds is 7. The van der Waals surface area contributed by atoms with Crippen LogP contribution in [0.25, 0.3) is 27.8 Å². The third kappa shape index (κ3) is 3.90. The van der Waals surface area contributed by atoms with Crippen LogP contribution in [0.2, 0.25) is 0 Å². The molecule has 4 aromatic rings. The Hall–Kier alpha value is -3.77. The van der Waals surface area contributed by atoms with E-state index in [1.165, 1.54) is 16.8 Å². The Labute approximate surface area is 188 Å². The van der Waals surface area contributed by atoms with Gasteiger partial charge < -0.3 is 15.6 Å². The van der Waals surface area contributed by atoms with E-state index >= 15 is 0 Å². The molecule has 3 N–H and O–H groups in total. The van der Waals surface area contributed by atoms with E-state index in [2.05, 4.69) is 30.6 Å². The third-order valence-electron chi connectivity index (χ3n) is 5.94. The van der Waals surface area contributed by atoms with Gasteiger partial charge in [-0.15, -0.1) is 0 Å². The molecule has 4 heterocycles. The molecule has 13 heteroatoms. The van der Waals surface area contributed by atoms with E-state index in [0.29, 0.717) is 27.8 Å². The highest BCUT2D eigenvalue weighted by molar-refractivity contribution is 5.95. The predicted octanol–water partition coefficient (Wildman–Crippen LogP) is 4.02. The normalized spacial score (nSPS) is 15.2. The number of carbonyl (C=O) groups excluding carboxylic acids is 1. The molecule has 0 saturated heterocycles. The van der Waals surface area contributed by atoms with Gasteiger partial charge in [-0.2, -0.15) is 18.2 Å². The van der Waals surface area contributed by atoms with Crippen molar-refractivity contribution in [3.8, 4) is 11.1 Å². The Morgan fingerprint density at radius 1 is 1.21 bits per heavy atom. The summed E-state index contributed by atoms with van der Waals surface area (Å²) in [5, 5.41) is 5.45. The summed E-state index contributed by atoms with van der Waals surface area (Å²) in [6.07, 6.45) is -0.696. The number of pyridine rings is 1. The van der Waals surface area contributed by atoms with Crippen molar-refractivity contribution in [2.75, 3.05) is 18.4 Å². The Morgan fingerprint density at radius 3 is 2.71 bits per heavy atom.